The Hall–Kier alpha value is -4.06. The molecule has 4 rings (SSSR count). The van der Waals surface area contributed by atoms with Crippen LogP contribution in [0.25, 0.3) is 11.3 Å². The lowest BCUT2D eigenvalue weighted by atomic mass is 10.0. The number of anilines is 1. The first-order chi connectivity index (χ1) is 15.5. The highest BCUT2D eigenvalue weighted by Crippen LogP contribution is 2.26. The molecule has 4 aromatic rings. The van der Waals surface area contributed by atoms with Gasteiger partial charge in [0.1, 0.15) is 5.56 Å². The number of hydrogen-bond acceptors (Lipinski definition) is 4. The van der Waals surface area contributed by atoms with Crippen LogP contribution in [0.2, 0.25) is 0 Å². The molecule has 0 radical (unpaired) electrons. The minimum absolute atomic E-state index is 0.0960. The van der Waals surface area contributed by atoms with Crippen molar-refractivity contribution in [3.05, 3.63) is 111 Å². The monoisotopic (exact) mass is 424 g/mol. The number of nitrogens with zero attached hydrogens (tertiary/aromatic N) is 3. The van der Waals surface area contributed by atoms with Crippen LogP contribution in [-0.2, 0) is 6.54 Å². The predicted molar refractivity (Wildman–Crippen MR) is 126 cm³/mol. The molecule has 0 saturated heterocycles. The number of nitrogens with one attached hydrogen (secondary N) is 1. The second kappa shape index (κ2) is 8.98. The molecule has 0 atom stereocenters. The lowest BCUT2D eigenvalue weighted by molar-refractivity contribution is 0.102. The predicted octanol–water partition coefficient (Wildman–Crippen LogP) is 4.53. The van der Waals surface area contributed by atoms with Crippen LogP contribution in [0.4, 0.5) is 5.69 Å². The molecule has 1 aromatic carbocycles. The lowest BCUT2D eigenvalue weighted by Gasteiger charge is -2.20. The number of benzene rings is 1. The molecule has 6 nitrogen and oxygen atoms in total. The first-order valence-electron chi connectivity index (χ1n) is 10.4. The third-order valence-electron chi connectivity index (χ3n) is 5.60. The average Bonchev–Trinajstić information content (AvgIpc) is 2.79. The number of aromatic nitrogens is 3. The molecule has 160 valence electrons. The molecule has 6 heteroatoms. The second-order valence-corrected chi connectivity index (χ2v) is 7.72. The highest BCUT2D eigenvalue weighted by Gasteiger charge is 2.22. The van der Waals surface area contributed by atoms with Gasteiger partial charge in [-0.25, -0.2) is 0 Å². The molecule has 1 N–H and O–H groups in total. The first kappa shape index (κ1) is 21.2. The summed E-state index contributed by atoms with van der Waals surface area (Å²) >= 11 is 0. The van der Waals surface area contributed by atoms with E-state index < -0.39 is 5.91 Å². The molecule has 0 aliphatic heterocycles. The fourth-order valence-corrected chi connectivity index (χ4v) is 3.73. The molecule has 0 spiro atoms. The Morgan fingerprint density at radius 3 is 2.47 bits per heavy atom. The highest BCUT2D eigenvalue weighted by atomic mass is 16.2. The summed E-state index contributed by atoms with van der Waals surface area (Å²) in [6.45, 7) is 6.22. The Morgan fingerprint density at radius 2 is 1.75 bits per heavy atom. The van der Waals surface area contributed by atoms with Gasteiger partial charge in [0.15, 0.2) is 5.43 Å². The van der Waals surface area contributed by atoms with Gasteiger partial charge in [-0.15, -0.1) is 0 Å². The van der Waals surface area contributed by atoms with E-state index in [2.05, 4.69) is 15.3 Å². The minimum Gasteiger partial charge on any atom is -0.338 e. The van der Waals surface area contributed by atoms with E-state index in [-0.39, 0.29) is 11.0 Å². The average molecular weight is 425 g/mol. The summed E-state index contributed by atoms with van der Waals surface area (Å²) in [7, 11) is 0. The SMILES string of the molecule is Cc1cccc(NC(=O)c2c(-c3ccncc3)n(Cc3ccccn3)c(C)cc2=O)c1C. The molecule has 0 saturated carbocycles. The number of aryl methyl sites for hydroxylation is 2. The maximum atomic E-state index is 13.5. The molecule has 0 unspecified atom stereocenters. The number of pyridine rings is 3. The fraction of sp³-hybridized carbons (Fsp3) is 0.154. The molecule has 0 aliphatic rings. The van der Waals surface area contributed by atoms with Crippen molar-refractivity contribution < 1.29 is 4.79 Å². The number of amides is 1. The van der Waals surface area contributed by atoms with Gasteiger partial charge in [0.25, 0.3) is 5.91 Å². The van der Waals surface area contributed by atoms with Crippen LogP contribution in [0.5, 0.6) is 0 Å². The van der Waals surface area contributed by atoms with E-state index in [4.69, 9.17) is 0 Å². The molecule has 32 heavy (non-hydrogen) atoms. The van der Waals surface area contributed by atoms with Gasteiger partial charge in [0, 0.05) is 41.6 Å². The Kier molecular flexibility index (Phi) is 5.94. The third-order valence-corrected chi connectivity index (χ3v) is 5.60. The number of carbonyl (C=O) groups is 1. The quantitative estimate of drug-likeness (QED) is 0.511. The van der Waals surface area contributed by atoms with Crippen molar-refractivity contribution in [1.29, 1.82) is 0 Å². The van der Waals surface area contributed by atoms with Crippen LogP contribution < -0.4 is 10.7 Å². The highest BCUT2D eigenvalue weighted by molar-refractivity contribution is 6.08. The molecule has 0 bridgehead atoms. The third kappa shape index (κ3) is 4.21. The Balaban J connectivity index is 1.89. The van der Waals surface area contributed by atoms with Crippen LogP contribution in [0, 0.1) is 20.8 Å². The van der Waals surface area contributed by atoms with E-state index in [9.17, 15) is 9.59 Å². The van der Waals surface area contributed by atoms with Crippen LogP contribution in [-0.4, -0.2) is 20.4 Å². The smallest absolute Gasteiger partial charge is 0.261 e. The fourth-order valence-electron chi connectivity index (χ4n) is 3.73. The molecular formula is C26H24N4O2. The normalized spacial score (nSPS) is 10.7. The largest absolute Gasteiger partial charge is 0.338 e. The minimum atomic E-state index is -0.440. The van der Waals surface area contributed by atoms with Gasteiger partial charge in [-0.05, 0) is 62.2 Å². The van der Waals surface area contributed by atoms with Gasteiger partial charge in [0.05, 0.1) is 17.9 Å². The van der Waals surface area contributed by atoms with Crippen LogP contribution >= 0.6 is 0 Å². The summed E-state index contributed by atoms with van der Waals surface area (Å²) in [5.41, 5.74) is 5.35. The molecule has 3 aromatic heterocycles. The zero-order valence-corrected chi connectivity index (χ0v) is 18.3. The Morgan fingerprint density at radius 1 is 0.969 bits per heavy atom. The van der Waals surface area contributed by atoms with Gasteiger partial charge in [0.2, 0.25) is 0 Å². The molecule has 0 aliphatic carbocycles. The van der Waals surface area contributed by atoms with Crippen molar-refractivity contribution in [2.24, 2.45) is 0 Å². The van der Waals surface area contributed by atoms with Gasteiger partial charge in [-0.3, -0.25) is 19.6 Å². The summed E-state index contributed by atoms with van der Waals surface area (Å²) in [6, 6.07) is 16.5. The standard InChI is InChI=1S/C26H24N4O2/c1-17-7-6-9-22(19(17)3)29-26(32)24-23(31)15-18(2)30(16-21-8-4-5-12-28-21)25(24)20-10-13-27-14-11-20/h4-15H,16H2,1-3H3,(H,29,32). The van der Waals surface area contributed by atoms with Crippen molar-refractivity contribution in [3.63, 3.8) is 0 Å². The van der Waals surface area contributed by atoms with E-state index in [1.807, 2.05) is 61.7 Å². The topological polar surface area (TPSA) is 76.9 Å². The van der Waals surface area contributed by atoms with Crippen molar-refractivity contribution in [3.8, 4) is 11.3 Å². The maximum Gasteiger partial charge on any atom is 0.261 e. The van der Waals surface area contributed by atoms with Crippen molar-refractivity contribution in [2.75, 3.05) is 5.32 Å². The maximum absolute atomic E-state index is 13.5. The Labute approximate surface area is 186 Å². The number of carbonyl (C=O) groups excluding carboxylic acids is 1. The second-order valence-electron chi connectivity index (χ2n) is 7.72. The van der Waals surface area contributed by atoms with Crippen molar-refractivity contribution in [2.45, 2.75) is 27.3 Å². The Bertz CT molecular complexity index is 1330. The zero-order chi connectivity index (χ0) is 22.7. The molecular weight excluding hydrogens is 400 g/mol. The van der Waals surface area contributed by atoms with Crippen LogP contribution in [0.1, 0.15) is 32.9 Å². The molecule has 0 fully saturated rings. The van der Waals surface area contributed by atoms with E-state index >= 15 is 0 Å². The van der Waals surface area contributed by atoms with Crippen molar-refractivity contribution in [1.82, 2.24) is 14.5 Å². The van der Waals surface area contributed by atoms with E-state index in [0.717, 1.165) is 28.1 Å². The molecule has 3 heterocycles. The van der Waals surface area contributed by atoms with E-state index in [0.29, 0.717) is 17.9 Å². The van der Waals surface area contributed by atoms with E-state index in [1.54, 1.807) is 30.7 Å². The first-order valence-corrected chi connectivity index (χ1v) is 10.4. The van der Waals surface area contributed by atoms with Crippen LogP contribution in [0.3, 0.4) is 0 Å². The van der Waals surface area contributed by atoms with Crippen molar-refractivity contribution >= 4 is 11.6 Å². The lowest BCUT2D eigenvalue weighted by Crippen LogP contribution is -2.27. The number of rotatable bonds is 5. The number of hydrogen-bond donors (Lipinski definition) is 1. The van der Waals surface area contributed by atoms with Crippen LogP contribution in [0.15, 0.2) is 78.0 Å². The van der Waals surface area contributed by atoms with Gasteiger partial charge in [-0.1, -0.05) is 18.2 Å². The van der Waals surface area contributed by atoms with Gasteiger partial charge in [-0.2, -0.15) is 0 Å². The van der Waals surface area contributed by atoms with E-state index in [1.165, 1.54) is 6.07 Å². The van der Waals surface area contributed by atoms with Gasteiger partial charge >= 0.3 is 0 Å². The summed E-state index contributed by atoms with van der Waals surface area (Å²) in [5.74, 6) is -0.440. The van der Waals surface area contributed by atoms with Gasteiger partial charge < -0.3 is 9.88 Å². The summed E-state index contributed by atoms with van der Waals surface area (Å²) in [6.07, 6.45) is 5.03. The molecule has 1 amide bonds. The summed E-state index contributed by atoms with van der Waals surface area (Å²) in [4.78, 5) is 35.1. The summed E-state index contributed by atoms with van der Waals surface area (Å²) in [5, 5.41) is 2.95. The summed E-state index contributed by atoms with van der Waals surface area (Å²) < 4.78 is 1.96. The zero-order valence-electron chi connectivity index (χ0n) is 18.3.